The molecule has 0 aliphatic heterocycles. The number of carbonyl (C=O) groups excluding carboxylic acids is 2. The Kier molecular flexibility index (Phi) is 6.19. The molecule has 0 aromatic heterocycles. The number of amides is 2. The van der Waals surface area contributed by atoms with E-state index in [2.05, 4.69) is 10.6 Å². The quantitative estimate of drug-likeness (QED) is 0.658. The molecular formula is C22H18F2N2O3. The molecule has 0 fully saturated rings. The van der Waals surface area contributed by atoms with Crippen LogP contribution in [0.3, 0.4) is 0 Å². The molecule has 29 heavy (non-hydrogen) atoms. The molecule has 3 aromatic carbocycles. The SMILES string of the molecule is COc1ccc(CNC(=O)c2ccc(C(=O)Nc3ccc(F)c(F)c3)cc2)cc1. The fraction of sp³-hybridized carbons (Fsp3) is 0.0909. The Labute approximate surface area is 166 Å². The zero-order valence-electron chi connectivity index (χ0n) is 15.5. The second kappa shape index (κ2) is 8.97. The van der Waals surface area contributed by atoms with Crippen molar-refractivity contribution in [3.8, 4) is 5.75 Å². The minimum atomic E-state index is -1.05. The molecule has 7 heteroatoms. The lowest BCUT2D eigenvalue weighted by molar-refractivity contribution is 0.0949. The number of hydrogen-bond acceptors (Lipinski definition) is 3. The summed E-state index contributed by atoms with van der Waals surface area (Å²) in [5, 5.41) is 5.27. The normalized spacial score (nSPS) is 10.3. The van der Waals surface area contributed by atoms with Gasteiger partial charge in [0.25, 0.3) is 11.8 Å². The van der Waals surface area contributed by atoms with Crippen LogP contribution in [0.25, 0.3) is 0 Å². The van der Waals surface area contributed by atoms with Gasteiger partial charge in [0.2, 0.25) is 0 Å². The number of anilines is 1. The first kappa shape index (κ1) is 20.0. The van der Waals surface area contributed by atoms with E-state index in [1.165, 1.54) is 30.3 Å². The summed E-state index contributed by atoms with van der Waals surface area (Å²) in [5.41, 5.74) is 1.72. The lowest BCUT2D eigenvalue weighted by Gasteiger charge is -2.08. The molecule has 0 atom stereocenters. The number of nitrogens with one attached hydrogen (secondary N) is 2. The highest BCUT2D eigenvalue weighted by molar-refractivity contribution is 6.05. The van der Waals surface area contributed by atoms with E-state index in [1.54, 1.807) is 7.11 Å². The van der Waals surface area contributed by atoms with Crippen LogP contribution in [-0.4, -0.2) is 18.9 Å². The lowest BCUT2D eigenvalue weighted by Crippen LogP contribution is -2.23. The van der Waals surface area contributed by atoms with Gasteiger partial charge in [0, 0.05) is 29.4 Å². The maximum absolute atomic E-state index is 13.2. The predicted molar refractivity (Wildman–Crippen MR) is 105 cm³/mol. The number of carbonyl (C=O) groups is 2. The first-order valence-electron chi connectivity index (χ1n) is 8.74. The van der Waals surface area contributed by atoms with Crippen LogP contribution in [0.1, 0.15) is 26.3 Å². The van der Waals surface area contributed by atoms with Crippen LogP contribution in [0, 0.1) is 11.6 Å². The van der Waals surface area contributed by atoms with Gasteiger partial charge >= 0.3 is 0 Å². The summed E-state index contributed by atoms with van der Waals surface area (Å²) in [6, 6.07) is 16.4. The minimum absolute atomic E-state index is 0.134. The third-order valence-electron chi connectivity index (χ3n) is 4.20. The molecule has 0 spiro atoms. The van der Waals surface area contributed by atoms with E-state index >= 15 is 0 Å². The van der Waals surface area contributed by atoms with Crippen molar-refractivity contribution in [3.05, 3.63) is 95.1 Å². The summed E-state index contributed by atoms with van der Waals surface area (Å²) >= 11 is 0. The molecule has 0 saturated heterocycles. The topological polar surface area (TPSA) is 67.4 Å². The maximum atomic E-state index is 13.2. The van der Waals surface area contributed by atoms with Crippen molar-refractivity contribution in [2.45, 2.75) is 6.54 Å². The summed E-state index contributed by atoms with van der Waals surface area (Å²) < 4.78 is 31.3. The molecule has 2 N–H and O–H groups in total. The number of ether oxygens (including phenoxy) is 1. The Morgan fingerprint density at radius 3 is 2.03 bits per heavy atom. The van der Waals surface area contributed by atoms with Gasteiger partial charge in [-0.3, -0.25) is 9.59 Å². The van der Waals surface area contributed by atoms with Crippen LogP contribution >= 0.6 is 0 Å². The molecule has 0 bridgehead atoms. The van der Waals surface area contributed by atoms with Gasteiger partial charge in [-0.1, -0.05) is 12.1 Å². The van der Waals surface area contributed by atoms with Crippen LogP contribution in [0.5, 0.6) is 5.75 Å². The van der Waals surface area contributed by atoms with Crippen molar-refractivity contribution in [1.29, 1.82) is 0 Å². The van der Waals surface area contributed by atoms with Gasteiger partial charge in [0.05, 0.1) is 7.11 Å². The van der Waals surface area contributed by atoms with Gasteiger partial charge in [0.1, 0.15) is 5.75 Å². The van der Waals surface area contributed by atoms with E-state index in [4.69, 9.17) is 4.74 Å². The van der Waals surface area contributed by atoms with Crippen LogP contribution < -0.4 is 15.4 Å². The van der Waals surface area contributed by atoms with E-state index in [-0.39, 0.29) is 17.2 Å². The summed E-state index contributed by atoms with van der Waals surface area (Å²) in [6.45, 7) is 0.348. The van der Waals surface area contributed by atoms with Gasteiger partial charge < -0.3 is 15.4 Å². The van der Waals surface area contributed by atoms with Crippen LogP contribution in [0.2, 0.25) is 0 Å². The second-order valence-electron chi connectivity index (χ2n) is 6.19. The monoisotopic (exact) mass is 396 g/mol. The van der Waals surface area contributed by atoms with Gasteiger partial charge in [-0.2, -0.15) is 0 Å². The maximum Gasteiger partial charge on any atom is 0.255 e. The molecule has 0 saturated carbocycles. The fourth-order valence-electron chi connectivity index (χ4n) is 2.58. The average Bonchev–Trinajstić information content (AvgIpc) is 2.75. The van der Waals surface area contributed by atoms with Crippen LogP contribution in [0.15, 0.2) is 66.7 Å². The second-order valence-corrected chi connectivity index (χ2v) is 6.19. The summed E-state index contributed by atoms with van der Waals surface area (Å²) in [5.74, 6) is -2.09. The molecule has 2 amide bonds. The number of halogens is 2. The van der Waals surface area contributed by atoms with E-state index in [9.17, 15) is 18.4 Å². The smallest absolute Gasteiger partial charge is 0.255 e. The Hall–Kier alpha value is -3.74. The Morgan fingerprint density at radius 1 is 0.828 bits per heavy atom. The van der Waals surface area contributed by atoms with Crippen LogP contribution in [0.4, 0.5) is 14.5 Å². The highest BCUT2D eigenvalue weighted by Gasteiger charge is 2.11. The average molecular weight is 396 g/mol. The van der Waals surface area contributed by atoms with Crippen molar-refractivity contribution in [2.24, 2.45) is 0 Å². The van der Waals surface area contributed by atoms with Crippen molar-refractivity contribution >= 4 is 17.5 Å². The minimum Gasteiger partial charge on any atom is -0.497 e. The zero-order valence-corrected chi connectivity index (χ0v) is 15.5. The molecule has 0 aliphatic carbocycles. The van der Waals surface area contributed by atoms with Crippen molar-refractivity contribution in [3.63, 3.8) is 0 Å². The van der Waals surface area contributed by atoms with Gasteiger partial charge in [0.15, 0.2) is 11.6 Å². The zero-order chi connectivity index (χ0) is 20.8. The highest BCUT2D eigenvalue weighted by Crippen LogP contribution is 2.15. The molecule has 3 rings (SSSR count). The number of rotatable bonds is 6. The Bertz CT molecular complexity index is 1020. The fourth-order valence-corrected chi connectivity index (χ4v) is 2.58. The molecule has 5 nitrogen and oxygen atoms in total. The molecule has 148 valence electrons. The lowest BCUT2D eigenvalue weighted by atomic mass is 10.1. The van der Waals surface area contributed by atoms with Crippen molar-refractivity contribution in [1.82, 2.24) is 5.32 Å². The Morgan fingerprint density at radius 2 is 1.45 bits per heavy atom. The first-order valence-corrected chi connectivity index (χ1v) is 8.74. The highest BCUT2D eigenvalue weighted by atomic mass is 19.2. The van der Waals surface area contributed by atoms with E-state index < -0.39 is 17.5 Å². The summed E-state index contributed by atoms with van der Waals surface area (Å²) in [6.07, 6.45) is 0. The first-order chi connectivity index (χ1) is 14.0. The molecule has 0 radical (unpaired) electrons. The van der Waals surface area contributed by atoms with E-state index in [1.807, 2.05) is 24.3 Å². The van der Waals surface area contributed by atoms with Crippen molar-refractivity contribution in [2.75, 3.05) is 12.4 Å². The van der Waals surface area contributed by atoms with E-state index in [0.29, 0.717) is 12.1 Å². The van der Waals surface area contributed by atoms with Gasteiger partial charge in [-0.05, 0) is 54.1 Å². The van der Waals surface area contributed by atoms with Gasteiger partial charge in [-0.15, -0.1) is 0 Å². The van der Waals surface area contributed by atoms with E-state index in [0.717, 1.165) is 23.4 Å². The van der Waals surface area contributed by atoms with Crippen molar-refractivity contribution < 1.29 is 23.1 Å². The Balaban J connectivity index is 1.58. The standard InChI is InChI=1S/C22H18F2N2O3/c1-29-18-9-2-14(3-10-18)13-25-21(27)15-4-6-16(7-5-15)22(28)26-17-8-11-19(23)20(24)12-17/h2-12H,13H2,1H3,(H,25,27)(H,26,28). The molecule has 0 heterocycles. The van der Waals surface area contributed by atoms with Gasteiger partial charge in [-0.25, -0.2) is 8.78 Å². The molecular weight excluding hydrogens is 378 g/mol. The summed E-state index contributed by atoms with van der Waals surface area (Å²) in [7, 11) is 1.58. The largest absolute Gasteiger partial charge is 0.497 e. The third-order valence-corrected chi connectivity index (χ3v) is 4.20. The number of hydrogen-bond donors (Lipinski definition) is 2. The number of benzene rings is 3. The number of methoxy groups -OCH3 is 1. The third kappa shape index (κ3) is 5.16. The summed E-state index contributed by atoms with van der Waals surface area (Å²) in [4.78, 5) is 24.5. The predicted octanol–water partition coefficient (Wildman–Crippen LogP) is 4.16. The molecule has 0 unspecified atom stereocenters. The van der Waals surface area contributed by atoms with Crippen LogP contribution in [-0.2, 0) is 6.54 Å². The molecule has 3 aromatic rings. The molecule has 0 aliphatic rings.